The minimum Gasteiger partial charge on any atom is -0.267 e. The zero-order valence-electron chi connectivity index (χ0n) is 5.84. The molecule has 1 aliphatic heterocycles. The van der Waals surface area contributed by atoms with Crippen molar-refractivity contribution in [3.05, 3.63) is 31.3 Å². The highest BCUT2D eigenvalue weighted by molar-refractivity contribution is 14.1. The van der Waals surface area contributed by atoms with E-state index in [0.29, 0.717) is 5.56 Å². The van der Waals surface area contributed by atoms with Crippen LogP contribution in [0, 0.1) is 3.57 Å². The van der Waals surface area contributed by atoms with Crippen LogP contribution in [0.5, 0.6) is 0 Å². The summed E-state index contributed by atoms with van der Waals surface area (Å²) < 4.78 is 1.88. The van der Waals surface area contributed by atoms with E-state index in [0.717, 1.165) is 13.6 Å². The Morgan fingerprint density at radius 1 is 1.42 bits per heavy atom. The fraction of sp³-hybridized carbons (Fsp3) is 0. The van der Waals surface area contributed by atoms with E-state index in [4.69, 9.17) is 0 Å². The van der Waals surface area contributed by atoms with Gasteiger partial charge in [0, 0.05) is 19.8 Å². The molecule has 1 heterocycles. The zero-order valence-corrected chi connectivity index (χ0v) is 9.59. The lowest BCUT2D eigenvalue weighted by Crippen LogP contribution is -1.95. The maximum atomic E-state index is 11.2. The number of carbonyl (C=O) groups excluding carboxylic acids is 1. The second-order valence-corrected chi connectivity index (χ2v) is 4.40. The van der Waals surface area contributed by atoms with Crippen LogP contribution >= 0.6 is 38.5 Å². The Labute approximate surface area is 91.3 Å². The Balaban J connectivity index is 2.79. The van der Waals surface area contributed by atoms with Crippen LogP contribution in [0.3, 0.4) is 0 Å². The normalized spacial score (nSPS) is 13.7. The Morgan fingerprint density at radius 2 is 2.17 bits per heavy atom. The van der Waals surface area contributed by atoms with Gasteiger partial charge in [0.15, 0.2) is 0 Å². The molecule has 0 aromatic heterocycles. The molecule has 0 spiro atoms. The topological polar surface area (TPSA) is 29.4 Å². The summed E-state index contributed by atoms with van der Waals surface area (Å²) in [6, 6.07) is 3.82. The molecule has 0 N–H and O–H groups in total. The van der Waals surface area contributed by atoms with E-state index in [9.17, 15) is 4.79 Å². The zero-order chi connectivity index (χ0) is 8.72. The minimum atomic E-state index is -0.157. The number of rotatable bonds is 0. The summed E-state index contributed by atoms with van der Waals surface area (Å²) in [5.74, 6) is -0.157. The fourth-order valence-electron chi connectivity index (χ4n) is 1.10. The second kappa shape index (κ2) is 2.92. The summed E-state index contributed by atoms with van der Waals surface area (Å²) in [6.45, 7) is 0. The largest absolute Gasteiger partial charge is 0.278 e. The number of halogens is 2. The van der Waals surface area contributed by atoms with Crippen LogP contribution in [0.25, 0.3) is 0 Å². The smallest absolute Gasteiger partial charge is 0.267 e. The van der Waals surface area contributed by atoms with Gasteiger partial charge in [-0.05, 0) is 50.7 Å². The van der Waals surface area contributed by atoms with Gasteiger partial charge in [0.25, 0.3) is 5.91 Å². The van der Waals surface area contributed by atoms with Crippen molar-refractivity contribution in [2.24, 2.45) is 4.99 Å². The van der Waals surface area contributed by atoms with Gasteiger partial charge in [-0.25, -0.2) is 4.99 Å². The lowest BCUT2D eigenvalue weighted by atomic mass is 10.1. The second-order valence-electron chi connectivity index (χ2n) is 2.38. The number of nitrogens with zero attached hydrogens (tertiary/aromatic N) is 1. The van der Waals surface area contributed by atoms with Crippen molar-refractivity contribution in [1.29, 1.82) is 0 Å². The summed E-state index contributed by atoms with van der Waals surface area (Å²) in [5, 5.41) is 0. The molecule has 0 bridgehead atoms. The summed E-state index contributed by atoms with van der Waals surface area (Å²) in [6.07, 6.45) is 1.62. The summed E-state index contributed by atoms with van der Waals surface area (Å²) in [7, 11) is 0. The first-order chi connectivity index (χ1) is 5.70. The standard InChI is InChI=1S/C8H3BrINO/c9-5-1-2-6(10)4-3-11-8(12)7(4)5/h1-3H. The number of hydrogen-bond donors (Lipinski definition) is 0. The van der Waals surface area contributed by atoms with Gasteiger partial charge in [-0.15, -0.1) is 0 Å². The van der Waals surface area contributed by atoms with Gasteiger partial charge in [-0.1, -0.05) is 0 Å². The molecule has 1 aromatic carbocycles. The van der Waals surface area contributed by atoms with E-state index < -0.39 is 0 Å². The molecule has 2 nitrogen and oxygen atoms in total. The van der Waals surface area contributed by atoms with Crippen molar-refractivity contribution in [1.82, 2.24) is 0 Å². The molecule has 1 aliphatic rings. The van der Waals surface area contributed by atoms with E-state index in [1.165, 1.54) is 0 Å². The van der Waals surface area contributed by atoms with Gasteiger partial charge in [0.05, 0.1) is 5.56 Å². The summed E-state index contributed by atoms with van der Waals surface area (Å²) in [4.78, 5) is 14.9. The van der Waals surface area contributed by atoms with Crippen molar-refractivity contribution in [2.75, 3.05) is 0 Å². The van der Waals surface area contributed by atoms with Crippen LogP contribution in [0.2, 0.25) is 0 Å². The van der Waals surface area contributed by atoms with Crippen LogP contribution in [0.1, 0.15) is 15.9 Å². The molecule has 0 aliphatic carbocycles. The summed E-state index contributed by atoms with van der Waals surface area (Å²) >= 11 is 5.51. The predicted molar refractivity (Wildman–Crippen MR) is 58.8 cm³/mol. The summed E-state index contributed by atoms with van der Waals surface area (Å²) in [5.41, 5.74) is 1.61. The maximum absolute atomic E-state index is 11.2. The molecule has 0 radical (unpaired) electrons. The Bertz CT molecular complexity index is 400. The number of carbonyl (C=O) groups is 1. The number of amides is 1. The monoisotopic (exact) mass is 335 g/mol. The van der Waals surface area contributed by atoms with Gasteiger partial charge in [0.2, 0.25) is 0 Å². The van der Waals surface area contributed by atoms with Gasteiger partial charge >= 0.3 is 0 Å². The molecule has 4 heteroatoms. The minimum absolute atomic E-state index is 0.157. The molecule has 60 valence electrons. The maximum Gasteiger partial charge on any atom is 0.278 e. The molecule has 2 rings (SSSR count). The van der Waals surface area contributed by atoms with Crippen LogP contribution in [0.15, 0.2) is 21.6 Å². The number of hydrogen-bond acceptors (Lipinski definition) is 1. The molecular weight excluding hydrogens is 333 g/mol. The predicted octanol–water partition coefficient (Wildman–Crippen LogP) is 2.63. The van der Waals surface area contributed by atoms with Crippen LogP contribution < -0.4 is 0 Å². The van der Waals surface area contributed by atoms with Crippen molar-refractivity contribution in [2.45, 2.75) is 0 Å². The number of benzene rings is 1. The average Bonchev–Trinajstić information content (AvgIpc) is 2.42. The van der Waals surface area contributed by atoms with Crippen LogP contribution in [0.4, 0.5) is 0 Å². The third kappa shape index (κ3) is 1.13. The Kier molecular flexibility index (Phi) is 2.04. The number of aliphatic imine (C=N–C) groups is 1. The van der Waals surface area contributed by atoms with Gasteiger partial charge < -0.3 is 0 Å². The molecule has 1 amide bonds. The van der Waals surface area contributed by atoms with Crippen molar-refractivity contribution < 1.29 is 4.79 Å². The quantitative estimate of drug-likeness (QED) is 0.670. The van der Waals surface area contributed by atoms with E-state index in [1.807, 2.05) is 12.1 Å². The van der Waals surface area contributed by atoms with Crippen molar-refractivity contribution in [3.8, 4) is 0 Å². The molecule has 0 unspecified atom stereocenters. The van der Waals surface area contributed by atoms with Crippen molar-refractivity contribution >= 4 is 50.6 Å². The highest BCUT2D eigenvalue weighted by Gasteiger charge is 2.20. The molecule has 0 atom stereocenters. The third-order valence-corrected chi connectivity index (χ3v) is 3.27. The molecule has 0 fully saturated rings. The Morgan fingerprint density at radius 3 is 2.83 bits per heavy atom. The highest BCUT2D eigenvalue weighted by atomic mass is 127. The van der Waals surface area contributed by atoms with E-state index in [-0.39, 0.29) is 5.91 Å². The van der Waals surface area contributed by atoms with E-state index >= 15 is 0 Å². The lowest BCUT2D eigenvalue weighted by Gasteiger charge is -2.00. The molecular formula is C8H3BrINO. The lowest BCUT2D eigenvalue weighted by molar-refractivity contribution is 0.101. The third-order valence-electron chi connectivity index (χ3n) is 1.67. The molecule has 0 saturated carbocycles. The van der Waals surface area contributed by atoms with E-state index in [1.54, 1.807) is 6.21 Å². The Hall–Kier alpha value is -0.230. The highest BCUT2D eigenvalue weighted by Crippen LogP contribution is 2.27. The average molecular weight is 336 g/mol. The van der Waals surface area contributed by atoms with Gasteiger partial charge in [0.1, 0.15) is 0 Å². The first-order valence-corrected chi connectivity index (χ1v) is 5.14. The van der Waals surface area contributed by atoms with Crippen molar-refractivity contribution in [3.63, 3.8) is 0 Å². The molecule has 12 heavy (non-hydrogen) atoms. The first kappa shape index (κ1) is 8.37. The van der Waals surface area contributed by atoms with Crippen LogP contribution in [-0.2, 0) is 0 Å². The molecule has 0 saturated heterocycles. The first-order valence-electron chi connectivity index (χ1n) is 3.26. The van der Waals surface area contributed by atoms with Gasteiger partial charge in [-0.2, -0.15) is 0 Å². The van der Waals surface area contributed by atoms with Crippen LogP contribution in [-0.4, -0.2) is 12.1 Å². The SMILES string of the molecule is O=C1N=Cc2c(I)ccc(Br)c21. The van der Waals surface area contributed by atoms with E-state index in [2.05, 4.69) is 43.5 Å². The van der Waals surface area contributed by atoms with Gasteiger partial charge in [-0.3, -0.25) is 4.79 Å². The molecule has 1 aromatic rings. The number of fused-ring (bicyclic) bond motifs is 1. The fourth-order valence-corrected chi connectivity index (χ4v) is 2.20.